The van der Waals surface area contributed by atoms with Crippen LogP contribution in [0, 0.1) is 0 Å². The number of carbonyl (C=O) groups excluding carboxylic acids is 1. The highest BCUT2D eigenvalue weighted by atomic mass is 16.5. The van der Waals surface area contributed by atoms with E-state index in [9.17, 15) is 4.79 Å². The van der Waals surface area contributed by atoms with Gasteiger partial charge < -0.3 is 15.3 Å². The summed E-state index contributed by atoms with van der Waals surface area (Å²) in [4.78, 5) is 11.7. The molecule has 0 unspecified atom stereocenters. The van der Waals surface area contributed by atoms with Gasteiger partial charge in [0.1, 0.15) is 5.75 Å². The van der Waals surface area contributed by atoms with Crippen LogP contribution in [0.5, 0.6) is 5.75 Å². The summed E-state index contributed by atoms with van der Waals surface area (Å²) < 4.78 is 5.00. The molecule has 1 aromatic carbocycles. The maximum Gasteiger partial charge on any atom is 0.274 e. The van der Waals surface area contributed by atoms with Gasteiger partial charge in [-0.25, -0.2) is 0 Å². The third-order valence-corrected chi connectivity index (χ3v) is 2.10. The van der Waals surface area contributed by atoms with Crippen LogP contribution in [0.15, 0.2) is 29.4 Å². The van der Waals surface area contributed by atoms with Crippen molar-refractivity contribution in [1.82, 2.24) is 5.32 Å². The summed E-state index contributed by atoms with van der Waals surface area (Å²) in [6.45, 7) is 3.67. The summed E-state index contributed by atoms with van der Waals surface area (Å²) in [5, 5.41) is 14.6. The van der Waals surface area contributed by atoms with Gasteiger partial charge in [-0.05, 0) is 38.1 Å². The number of amides is 1. The topological polar surface area (TPSA) is 70.9 Å². The van der Waals surface area contributed by atoms with Gasteiger partial charge in [0, 0.05) is 11.6 Å². The summed E-state index contributed by atoms with van der Waals surface area (Å²) in [7, 11) is 1.56. The summed E-state index contributed by atoms with van der Waals surface area (Å²) in [5.41, 5.74) is 0.521. The average molecular weight is 236 g/mol. The van der Waals surface area contributed by atoms with Crippen molar-refractivity contribution in [2.75, 3.05) is 7.11 Å². The fraction of sp³-hybridized carbons (Fsp3) is 0.333. The number of rotatable bonds is 4. The highest BCUT2D eigenvalue weighted by Crippen LogP contribution is 2.12. The molecule has 0 fully saturated rings. The Labute approximate surface area is 100 Å². The van der Waals surface area contributed by atoms with Crippen molar-refractivity contribution in [3.63, 3.8) is 0 Å². The Morgan fingerprint density at radius 3 is 2.35 bits per heavy atom. The lowest BCUT2D eigenvalue weighted by Gasteiger charge is -2.09. The van der Waals surface area contributed by atoms with Crippen LogP contribution in [-0.2, 0) is 4.79 Å². The number of hydrogen-bond donors (Lipinski definition) is 2. The zero-order chi connectivity index (χ0) is 12.8. The Morgan fingerprint density at radius 2 is 1.94 bits per heavy atom. The van der Waals surface area contributed by atoms with E-state index in [1.807, 2.05) is 13.8 Å². The molecular weight excluding hydrogens is 220 g/mol. The monoisotopic (exact) mass is 236 g/mol. The van der Waals surface area contributed by atoms with Gasteiger partial charge in [-0.2, -0.15) is 0 Å². The second kappa shape index (κ2) is 5.89. The first-order chi connectivity index (χ1) is 8.08. The average Bonchev–Trinajstić information content (AvgIpc) is 2.30. The molecule has 0 heterocycles. The molecule has 0 aromatic heterocycles. The molecule has 1 rings (SSSR count). The molecule has 0 atom stereocenters. The molecule has 5 heteroatoms. The lowest BCUT2D eigenvalue weighted by Crippen LogP contribution is -2.36. The Balaban J connectivity index is 2.90. The van der Waals surface area contributed by atoms with E-state index in [2.05, 4.69) is 10.5 Å². The van der Waals surface area contributed by atoms with Gasteiger partial charge in [0.25, 0.3) is 5.91 Å². The van der Waals surface area contributed by atoms with Crippen molar-refractivity contribution in [2.24, 2.45) is 5.16 Å². The van der Waals surface area contributed by atoms with Crippen molar-refractivity contribution in [3.8, 4) is 5.75 Å². The van der Waals surface area contributed by atoms with Crippen LogP contribution in [-0.4, -0.2) is 30.0 Å². The van der Waals surface area contributed by atoms with E-state index in [4.69, 9.17) is 9.94 Å². The molecule has 1 amide bonds. The van der Waals surface area contributed by atoms with E-state index in [0.29, 0.717) is 11.3 Å². The Hall–Kier alpha value is -2.04. The van der Waals surface area contributed by atoms with Gasteiger partial charge in [0.2, 0.25) is 0 Å². The number of nitrogens with one attached hydrogen (secondary N) is 1. The van der Waals surface area contributed by atoms with Crippen molar-refractivity contribution in [2.45, 2.75) is 19.9 Å². The Morgan fingerprint density at radius 1 is 1.35 bits per heavy atom. The van der Waals surface area contributed by atoms with Crippen LogP contribution in [0.3, 0.4) is 0 Å². The normalized spacial score (nSPS) is 11.4. The second-order valence-electron chi connectivity index (χ2n) is 3.81. The van der Waals surface area contributed by atoms with Crippen molar-refractivity contribution < 1.29 is 14.7 Å². The maximum atomic E-state index is 11.7. The molecule has 0 spiro atoms. The standard InChI is InChI=1S/C12H16N2O3/c1-8(2)13-12(15)11(14-16)9-4-6-10(17-3)7-5-9/h4-8,16H,1-3H3,(H,13,15). The summed E-state index contributed by atoms with van der Waals surface area (Å²) in [5.74, 6) is 0.267. The van der Waals surface area contributed by atoms with E-state index in [-0.39, 0.29) is 11.8 Å². The Bertz CT molecular complexity index is 410. The lowest BCUT2D eigenvalue weighted by atomic mass is 10.1. The first-order valence-electron chi connectivity index (χ1n) is 5.25. The molecular formula is C12H16N2O3. The smallest absolute Gasteiger partial charge is 0.274 e. The number of hydrogen-bond acceptors (Lipinski definition) is 4. The van der Waals surface area contributed by atoms with E-state index >= 15 is 0 Å². The predicted molar refractivity (Wildman–Crippen MR) is 64.6 cm³/mol. The van der Waals surface area contributed by atoms with E-state index < -0.39 is 5.91 Å². The number of nitrogens with zero attached hydrogens (tertiary/aromatic N) is 1. The molecule has 0 saturated carbocycles. The van der Waals surface area contributed by atoms with E-state index in [0.717, 1.165) is 0 Å². The fourth-order valence-corrected chi connectivity index (χ4v) is 1.31. The zero-order valence-electron chi connectivity index (χ0n) is 10.1. The van der Waals surface area contributed by atoms with Gasteiger partial charge >= 0.3 is 0 Å². The molecule has 0 aliphatic carbocycles. The number of oxime groups is 1. The highest BCUT2D eigenvalue weighted by Gasteiger charge is 2.15. The minimum absolute atomic E-state index is 0.0126. The van der Waals surface area contributed by atoms with Crippen molar-refractivity contribution in [3.05, 3.63) is 29.8 Å². The van der Waals surface area contributed by atoms with Crippen LogP contribution in [0.4, 0.5) is 0 Å². The molecule has 0 bridgehead atoms. The molecule has 92 valence electrons. The molecule has 1 aromatic rings. The molecule has 0 aliphatic heterocycles. The SMILES string of the molecule is COc1ccc(C(=NO)C(=O)NC(C)C)cc1. The van der Waals surface area contributed by atoms with Crippen LogP contribution in [0.1, 0.15) is 19.4 Å². The van der Waals surface area contributed by atoms with Gasteiger partial charge in [-0.3, -0.25) is 4.79 Å². The van der Waals surface area contributed by atoms with Crippen molar-refractivity contribution in [1.29, 1.82) is 0 Å². The number of benzene rings is 1. The minimum atomic E-state index is -0.410. The summed E-state index contributed by atoms with van der Waals surface area (Å²) >= 11 is 0. The Kier molecular flexibility index (Phi) is 4.51. The van der Waals surface area contributed by atoms with Crippen LogP contribution < -0.4 is 10.1 Å². The predicted octanol–water partition coefficient (Wildman–Crippen LogP) is 1.40. The van der Waals surface area contributed by atoms with Gasteiger partial charge in [0.05, 0.1) is 7.11 Å². The van der Waals surface area contributed by atoms with Crippen LogP contribution in [0.2, 0.25) is 0 Å². The molecule has 0 radical (unpaired) electrons. The van der Waals surface area contributed by atoms with Gasteiger partial charge in [0.15, 0.2) is 5.71 Å². The van der Waals surface area contributed by atoms with Gasteiger partial charge in [-0.15, -0.1) is 0 Å². The minimum Gasteiger partial charge on any atom is -0.497 e. The van der Waals surface area contributed by atoms with E-state index in [1.165, 1.54) is 0 Å². The molecule has 2 N–H and O–H groups in total. The first-order valence-corrected chi connectivity index (χ1v) is 5.25. The van der Waals surface area contributed by atoms with Crippen LogP contribution >= 0.6 is 0 Å². The first kappa shape index (κ1) is 13.0. The summed E-state index contributed by atoms with van der Waals surface area (Å²) in [6.07, 6.45) is 0. The van der Waals surface area contributed by atoms with Crippen LogP contribution in [0.25, 0.3) is 0 Å². The highest BCUT2D eigenvalue weighted by molar-refractivity contribution is 6.45. The quantitative estimate of drug-likeness (QED) is 0.471. The number of carbonyl (C=O) groups is 1. The zero-order valence-corrected chi connectivity index (χ0v) is 10.1. The summed E-state index contributed by atoms with van der Waals surface area (Å²) in [6, 6.07) is 6.70. The second-order valence-corrected chi connectivity index (χ2v) is 3.81. The lowest BCUT2D eigenvalue weighted by molar-refractivity contribution is -0.115. The molecule has 0 saturated heterocycles. The fourth-order valence-electron chi connectivity index (χ4n) is 1.31. The van der Waals surface area contributed by atoms with Gasteiger partial charge in [-0.1, -0.05) is 5.16 Å². The molecule has 5 nitrogen and oxygen atoms in total. The molecule has 17 heavy (non-hydrogen) atoms. The van der Waals surface area contributed by atoms with E-state index in [1.54, 1.807) is 31.4 Å². The molecule has 0 aliphatic rings. The third-order valence-electron chi connectivity index (χ3n) is 2.10. The third kappa shape index (κ3) is 3.48. The number of methoxy groups -OCH3 is 1. The largest absolute Gasteiger partial charge is 0.497 e. The number of ether oxygens (including phenoxy) is 1. The maximum absolute atomic E-state index is 11.7. The van der Waals surface area contributed by atoms with Crippen molar-refractivity contribution >= 4 is 11.6 Å².